The lowest BCUT2D eigenvalue weighted by molar-refractivity contribution is -0.128. The van der Waals surface area contributed by atoms with Crippen LogP contribution in [0.2, 0.25) is 0 Å². The number of carbonyl (C=O) groups is 1. The van der Waals surface area contributed by atoms with Crippen LogP contribution in [0.3, 0.4) is 0 Å². The number of rotatable bonds is 9. The van der Waals surface area contributed by atoms with Crippen LogP contribution in [0.15, 0.2) is 47.5 Å². The number of benzene rings is 2. The smallest absolute Gasteiger partial charge is 0.222 e. The maximum atomic E-state index is 11.8. The summed E-state index contributed by atoms with van der Waals surface area (Å²) < 4.78 is 10.8. The Kier molecular flexibility index (Phi) is 8.36. The molecule has 0 aromatic heterocycles. The molecule has 1 saturated heterocycles. The van der Waals surface area contributed by atoms with Gasteiger partial charge in [0, 0.05) is 51.3 Å². The molecule has 1 amide bonds. The average Bonchev–Trinajstić information content (AvgIpc) is 3.21. The van der Waals surface area contributed by atoms with Crippen LogP contribution in [-0.2, 0) is 24.4 Å². The molecule has 7 heteroatoms. The second kappa shape index (κ2) is 11.4. The molecular formula is C25H34N4O3. The molecule has 0 radical (unpaired) electrons. The highest BCUT2D eigenvalue weighted by molar-refractivity contribution is 5.80. The first-order valence-electron chi connectivity index (χ1n) is 11.1. The molecule has 1 aliphatic heterocycles. The molecular weight excluding hydrogens is 404 g/mol. The molecule has 2 aromatic carbocycles. The van der Waals surface area contributed by atoms with Crippen molar-refractivity contribution in [1.29, 1.82) is 0 Å². The Bertz CT molecular complexity index is 927. The lowest BCUT2D eigenvalue weighted by atomic mass is 10.1. The molecule has 0 bridgehead atoms. The van der Waals surface area contributed by atoms with Crippen molar-refractivity contribution in [1.82, 2.24) is 15.1 Å². The minimum Gasteiger partial charge on any atom is -0.497 e. The van der Waals surface area contributed by atoms with Gasteiger partial charge in [0.2, 0.25) is 5.91 Å². The van der Waals surface area contributed by atoms with E-state index in [0.717, 1.165) is 53.7 Å². The van der Waals surface area contributed by atoms with E-state index in [2.05, 4.69) is 41.4 Å². The number of guanidine groups is 1. The molecule has 1 fully saturated rings. The zero-order valence-corrected chi connectivity index (χ0v) is 19.6. The van der Waals surface area contributed by atoms with Crippen molar-refractivity contribution in [2.75, 3.05) is 34.4 Å². The highest BCUT2D eigenvalue weighted by Crippen LogP contribution is 2.25. The lowest BCUT2D eigenvalue weighted by Crippen LogP contribution is -2.38. The highest BCUT2D eigenvalue weighted by atomic mass is 16.5. The quantitative estimate of drug-likeness (QED) is 0.480. The van der Waals surface area contributed by atoms with Gasteiger partial charge in [-0.3, -0.25) is 4.79 Å². The number of likely N-dealkylation sites (tertiary alicyclic amines) is 1. The first-order valence-corrected chi connectivity index (χ1v) is 11.1. The van der Waals surface area contributed by atoms with E-state index < -0.39 is 0 Å². The number of nitrogens with one attached hydrogen (secondary N) is 1. The number of aliphatic imine (C=N–C) groups is 1. The molecule has 1 aliphatic rings. The zero-order chi connectivity index (χ0) is 22.9. The molecule has 0 aliphatic carbocycles. The van der Waals surface area contributed by atoms with Gasteiger partial charge in [-0.05, 0) is 36.6 Å². The van der Waals surface area contributed by atoms with Gasteiger partial charge >= 0.3 is 0 Å². The minimum atomic E-state index is 0.255. The topological polar surface area (TPSA) is 66.4 Å². The van der Waals surface area contributed by atoms with Crippen molar-refractivity contribution < 1.29 is 14.3 Å². The van der Waals surface area contributed by atoms with Gasteiger partial charge in [0.25, 0.3) is 0 Å². The van der Waals surface area contributed by atoms with Gasteiger partial charge in [0.1, 0.15) is 11.5 Å². The Labute approximate surface area is 191 Å². The maximum Gasteiger partial charge on any atom is 0.222 e. The normalized spacial score (nSPS) is 13.9. The van der Waals surface area contributed by atoms with Crippen molar-refractivity contribution >= 4 is 11.9 Å². The number of methoxy groups -OCH3 is 2. The molecule has 172 valence electrons. The lowest BCUT2D eigenvalue weighted by Gasteiger charge is -2.23. The largest absolute Gasteiger partial charge is 0.497 e. The van der Waals surface area contributed by atoms with Crippen LogP contribution in [-0.4, -0.2) is 56.0 Å². The third kappa shape index (κ3) is 6.15. The fourth-order valence-corrected chi connectivity index (χ4v) is 3.79. The Balaban J connectivity index is 1.64. The number of ether oxygens (including phenoxy) is 2. The molecule has 0 atom stereocenters. The van der Waals surface area contributed by atoms with Crippen molar-refractivity contribution in [2.45, 2.75) is 39.4 Å². The highest BCUT2D eigenvalue weighted by Gasteiger charge is 2.19. The second-order valence-electron chi connectivity index (χ2n) is 7.94. The summed E-state index contributed by atoms with van der Waals surface area (Å²) >= 11 is 0. The number of hydrogen-bond donors (Lipinski definition) is 1. The van der Waals surface area contributed by atoms with Crippen molar-refractivity contribution in [3.05, 3.63) is 59.2 Å². The van der Waals surface area contributed by atoms with Gasteiger partial charge in [0.05, 0.1) is 20.8 Å². The number of nitrogens with zero attached hydrogens (tertiary/aromatic N) is 3. The maximum absolute atomic E-state index is 11.8. The number of hydrogen-bond acceptors (Lipinski definition) is 4. The first-order chi connectivity index (χ1) is 15.5. The van der Waals surface area contributed by atoms with E-state index in [9.17, 15) is 4.79 Å². The average molecular weight is 439 g/mol. The Morgan fingerprint density at radius 2 is 1.88 bits per heavy atom. The monoisotopic (exact) mass is 438 g/mol. The molecule has 1 heterocycles. The summed E-state index contributed by atoms with van der Waals surface area (Å²) in [6.07, 6.45) is 1.64. The van der Waals surface area contributed by atoms with Crippen molar-refractivity contribution in [3.63, 3.8) is 0 Å². The number of amides is 1. The number of carbonyl (C=O) groups excluding carboxylic acids is 1. The van der Waals surface area contributed by atoms with Gasteiger partial charge in [-0.1, -0.05) is 24.3 Å². The van der Waals surface area contributed by atoms with Gasteiger partial charge in [0.15, 0.2) is 5.96 Å². The fraction of sp³-hybridized carbons (Fsp3) is 0.440. The van der Waals surface area contributed by atoms with E-state index in [1.807, 2.05) is 30.1 Å². The molecule has 0 spiro atoms. The first kappa shape index (κ1) is 23.4. The van der Waals surface area contributed by atoms with E-state index in [0.29, 0.717) is 26.1 Å². The zero-order valence-electron chi connectivity index (χ0n) is 19.6. The Hall–Kier alpha value is -3.22. The van der Waals surface area contributed by atoms with Crippen LogP contribution < -0.4 is 14.8 Å². The minimum absolute atomic E-state index is 0.255. The third-order valence-corrected chi connectivity index (χ3v) is 5.58. The molecule has 7 nitrogen and oxygen atoms in total. The van der Waals surface area contributed by atoms with Gasteiger partial charge in [-0.2, -0.15) is 0 Å². The van der Waals surface area contributed by atoms with E-state index in [1.54, 1.807) is 14.2 Å². The van der Waals surface area contributed by atoms with Gasteiger partial charge in [-0.15, -0.1) is 0 Å². The summed E-state index contributed by atoms with van der Waals surface area (Å²) in [6, 6.07) is 14.2. The predicted octanol–water partition coefficient (Wildman–Crippen LogP) is 3.42. The molecule has 0 saturated carbocycles. The summed E-state index contributed by atoms with van der Waals surface area (Å²) in [4.78, 5) is 20.7. The van der Waals surface area contributed by atoms with Gasteiger partial charge < -0.3 is 24.6 Å². The summed E-state index contributed by atoms with van der Waals surface area (Å²) in [5, 5.41) is 3.36. The summed E-state index contributed by atoms with van der Waals surface area (Å²) in [6.45, 7) is 5.63. The molecule has 3 rings (SSSR count). The van der Waals surface area contributed by atoms with Gasteiger partial charge in [-0.25, -0.2) is 4.99 Å². The standard InChI is InChI=1S/C25H34N4O3/c1-5-26-25(28(2)18-21-12-13-22(31-3)15-23(21)32-4)27-16-19-8-10-20(11-9-19)17-29-14-6-7-24(29)30/h8-13,15H,5-7,14,16-18H2,1-4H3,(H,26,27). The van der Waals surface area contributed by atoms with Crippen molar-refractivity contribution in [3.8, 4) is 11.5 Å². The summed E-state index contributed by atoms with van der Waals surface area (Å²) in [5.41, 5.74) is 3.35. The Morgan fingerprint density at radius 3 is 2.50 bits per heavy atom. The third-order valence-electron chi connectivity index (χ3n) is 5.58. The van der Waals surface area contributed by atoms with E-state index >= 15 is 0 Å². The SMILES string of the molecule is CCNC(=NCc1ccc(CN2CCCC2=O)cc1)N(C)Cc1ccc(OC)cc1OC. The van der Waals surface area contributed by atoms with Crippen LogP contribution in [0.25, 0.3) is 0 Å². The molecule has 32 heavy (non-hydrogen) atoms. The predicted molar refractivity (Wildman–Crippen MR) is 127 cm³/mol. The van der Waals surface area contributed by atoms with Crippen LogP contribution in [0, 0.1) is 0 Å². The molecule has 0 unspecified atom stereocenters. The molecule has 2 aromatic rings. The van der Waals surface area contributed by atoms with E-state index in [1.165, 1.54) is 0 Å². The van der Waals surface area contributed by atoms with Crippen LogP contribution >= 0.6 is 0 Å². The summed E-state index contributed by atoms with van der Waals surface area (Å²) in [7, 11) is 5.33. The van der Waals surface area contributed by atoms with E-state index in [4.69, 9.17) is 14.5 Å². The van der Waals surface area contributed by atoms with Crippen LogP contribution in [0.4, 0.5) is 0 Å². The van der Waals surface area contributed by atoms with Crippen LogP contribution in [0.5, 0.6) is 11.5 Å². The van der Waals surface area contributed by atoms with Crippen LogP contribution in [0.1, 0.15) is 36.5 Å². The van der Waals surface area contributed by atoms with E-state index in [-0.39, 0.29) is 5.91 Å². The fourth-order valence-electron chi connectivity index (χ4n) is 3.79. The summed E-state index contributed by atoms with van der Waals surface area (Å²) in [5.74, 6) is 2.65. The second-order valence-corrected chi connectivity index (χ2v) is 7.94. The van der Waals surface area contributed by atoms with Crippen molar-refractivity contribution in [2.24, 2.45) is 4.99 Å². The Morgan fingerprint density at radius 1 is 1.12 bits per heavy atom. The molecule has 1 N–H and O–H groups in total.